The molecule has 4 N–H and O–H groups in total. The number of halogens is 2. The molecule has 0 unspecified atom stereocenters. The SMILES string of the molecule is O=C(NNC(=S)Nc1cc(Cl)cc(Cl)c1)c1ccccc1O. The molecule has 0 aliphatic carbocycles. The third-order valence-corrected chi connectivity index (χ3v) is 3.20. The fourth-order valence-electron chi connectivity index (χ4n) is 1.63. The molecule has 0 saturated carbocycles. The molecule has 114 valence electrons. The summed E-state index contributed by atoms with van der Waals surface area (Å²) in [6, 6.07) is 11.0. The number of rotatable bonds is 2. The Morgan fingerprint density at radius 1 is 1.05 bits per heavy atom. The number of hydrazine groups is 1. The van der Waals surface area contributed by atoms with E-state index in [4.69, 9.17) is 35.4 Å². The number of carbonyl (C=O) groups is 1. The zero-order chi connectivity index (χ0) is 16.1. The third-order valence-electron chi connectivity index (χ3n) is 2.56. The fourth-order valence-corrected chi connectivity index (χ4v) is 2.33. The summed E-state index contributed by atoms with van der Waals surface area (Å²) in [6.07, 6.45) is 0. The van der Waals surface area contributed by atoms with E-state index < -0.39 is 5.91 Å². The molecule has 2 aromatic carbocycles. The smallest absolute Gasteiger partial charge is 0.273 e. The summed E-state index contributed by atoms with van der Waals surface area (Å²) in [7, 11) is 0. The molecule has 8 heteroatoms. The number of benzene rings is 2. The number of anilines is 1. The lowest BCUT2D eigenvalue weighted by Gasteiger charge is -2.12. The summed E-state index contributed by atoms with van der Waals surface area (Å²) in [4.78, 5) is 11.9. The van der Waals surface area contributed by atoms with Gasteiger partial charge in [-0.2, -0.15) is 0 Å². The number of hydrogen-bond donors (Lipinski definition) is 4. The van der Waals surface area contributed by atoms with Crippen LogP contribution >= 0.6 is 35.4 Å². The molecule has 2 aromatic rings. The summed E-state index contributed by atoms with van der Waals surface area (Å²) in [6.45, 7) is 0. The van der Waals surface area contributed by atoms with Gasteiger partial charge in [-0.1, -0.05) is 35.3 Å². The average molecular weight is 356 g/mol. The molecule has 0 spiro atoms. The Labute approximate surface area is 142 Å². The molecule has 0 heterocycles. The number of phenolic OH excluding ortho intramolecular Hbond substituents is 1. The van der Waals surface area contributed by atoms with Crippen LogP contribution in [-0.2, 0) is 0 Å². The number of carbonyl (C=O) groups excluding carboxylic acids is 1. The molecule has 5 nitrogen and oxygen atoms in total. The van der Waals surface area contributed by atoms with Gasteiger partial charge in [-0.25, -0.2) is 0 Å². The van der Waals surface area contributed by atoms with Gasteiger partial charge < -0.3 is 10.4 Å². The minimum Gasteiger partial charge on any atom is -0.507 e. The Hall–Kier alpha value is -2.02. The average Bonchev–Trinajstić information content (AvgIpc) is 2.44. The van der Waals surface area contributed by atoms with Crippen LogP contribution in [0.4, 0.5) is 5.69 Å². The van der Waals surface area contributed by atoms with E-state index in [1.165, 1.54) is 12.1 Å². The van der Waals surface area contributed by atoms with Crippen LogP contribution in [0.25, 0.3) is 0 Å². The van der Waals surface area contributed by atoms with E-state index in [9.17, 15) is 9.90 Å². The number of thiocarbonyl (C=S) groups is 1. The molecule has 0 aliphatic heterocycles. The first-order valence-corrected chi connectivity index (χ1v) is 7.23. The Balaban J connectivity index is 1.93. The van der Waals surface area contributed by atoms with Crippen LogP contribution in [0.1, 0.15) is 10.4 Å². The molecule has 1 amide bonds. The van der Waals surface area contributed by atoms with E-state index in [0.717, 1.165) is 0 Å². The number of phenols is 1. The predicted molar refractivity (Wildman–Crippen MR) is 91.4 cm³/mol. The Morgan fingerprint density at radius 2 is 1.68 bits per heavy atom. The van der Waals surface area contributed by atoms with Gasteiger partial charge in [0.05, 0.1) is 5.56 Å². The molecule has 0 bridgehead atoms. The largest absolute Gasteiger partial charge is 0.507 e. The van der Waals surface area contributed by atoms with E-state index >= 15 is 0 Å². The lowest BCUT2D eigenvalue weighted by atomic mass is 10.2. The number of nitrogens with one attached hydrogen (secondary N) is 3. The van der Waals surface area contributed by atoms with Crippen molar-refractivity contribution in [2.24, 2.45) is 0 Å². The molecule has 0 atom stereocenters. The second kappa shape index (κ2) is 7.31. The highest BCUT2D eigenvalue weighted by atomic mass is 35.5. The van der Waals surface area contributed by atoms with Gasteiger partial charge in [0.2, 0.25) is 0 Å². The monoisotopic (exact) mass is 355 g/mol. The van der Waals surface area contributed by atoms with Gasteiger partial charge >= 0.3 is 0 Å². The van der Waals surface area contributed by atoms with Gasteiger partial charge in [-0.05, 0) is 42.5 Å². The third kappa shape index (κ3) is 4.49. The Kier molecular flexibility index (Phi) is 5.43. The van der Waals surface area contributed by atoms with Crippen molar-refractivity contribution in [1.82, 2.24) is 10.9 Å². The quantitative estimate of drug-likeness (QED) is 0.491. The second-order valence-corrected chi connectivity index (χ2v) is 5.49. The van der Waals surface area contributed by atoms with Crippen molar-refractivity contribution in [2.75, 3.05) is 5.32 Å². The predicted octanol–water partition coefficient (Wildman–Crippen LogP) is 3.33. The second-order valence-electron chi connectivity index (χ2n) is 4.21. The lowest BCUT2D eigenvalue weighted by molar-refractivity contribution is 0.0941. The standard InChI is InChI=1S/C14H11Cl2N3O2S/c15-8-5-9(16)7-10(6-8)17-14(22)19-18-13(21)11-3-1-2-4-12(11)20/h1-7,20H,(H,18,21)(H2,17,19,22). The van der Waals surface area contributed by atoms with E-state index in [-0.39, 0.29) is 16.4 Å². The van der Waals surface area contributed by atoms with Crippen LogP contribution in [0, 0.1) is 0 Å². The van der Waals surface area contributed by atoms with E-state index in [0.29, 0.717) is 15.7 Å². The first-order valence-electron chi connectivity index (χ1n) is 6.07. The van der Waals surface area contributed by atoms with Gasteiger partial charge in [0.15, 0.2) is 5.11 Å². The summed E-state index contributed by atoms with van der Waals surface area (Å²) in [5.74, 6) is -0.645. The maximum atomic E-state index is 11.9. The molecular formula is C14H11Cl2N3O2S. The number of amides is 1. The molecular weight excluding hydrogens is 345 g/mol. The van der Waals surface area contributed by atoms with Crippen molar-refractivity contribution < 1.29 is 9.90 Å². The number of hydrogen-bond acceptors (Lipinski definition) is 3. The van der Waals surface area contributed by atoms with Crippen molar-refractivity contribution in [3.63, 3.8) is 0 Å². The van der Waals surface area contributed by atoms with Gasteiger partial charge in [0, 0.05) is 15.7 Å². The van der Waals surface area contributed by atoms with Crippen LogP contribution in [0.5, 0.6) is 5.75 Å². The van der Waals surface area contributed by atoms with Gasteiger partial charge in [-0.3, -0.25) is 15.6 Å². The summed E-state index contributed by atoms with van der Waals surface area (Å²) in [5, 5.41) is 13.4. The molecule has 22 heavy (non-hydrogen) atoms. The van der Waals surface area contributed by atoms with Crippen molar-refractivity contribution >= 4 is 52.1 Å². The first-order chi connectivity index (χ1) is 10.5. The van der Waals surface area contributed by atoms with Crippen LogP contribution in [0.15, 0.2) is 42.5 Å². The van der Waals surface area contributed by atoms with Crippen LogP contribution in [0.2, 0.25) is 10.0 Å². The van der Waals surface area contributed by atoms with Crippen LogP contribution in [-0.4, -0.2) is 16.1 Å². The number of para-hydroxylation sites is 1. The first kappa shape index (κ1) is 16.4. The number of aromatic hydroxyl groups is 1. The van der Waals surface area contributed by atoms with Crippen molar-refractivity contribution in [3.05, 3.63) is 58.1 Å². The minimum absolute atomic E-state index is 0.123. The zero-order valence-corrected chi connectivity index (χ0v) is 13.4. The summed E-state index contributed by atoms with van der Waals surface area (Å²) < 4.78 is 0. The molecule has 0 fully saturated rings. The molecule has 0 radical (unpaired) electrons. The zero-order valence-electron chi connectivity index (χ0n) is 11.1. The fraction of sp³-hybridized carbons (Fsp3) is 0. The van der Waals surface area contributed by atoms with Crippen molar-refractivity contribution in [3.8, 4) is 5.75 Å². The maximum absolute atomic E-state index is 11.9. The highest BCUT2D eigenvalue weighted by molar-refractivity contribution is 7.80. The summed E-state index contributed by atoms with van der Waals surface area (Å²) in [5.41, 5.74) is 5.59. The normalized spacial score (nSPS) is 9.91. The van der Waals surface area contributed by atoms with Crippen LogP contribution < -0.4 is 16.2 Å². The van der Waals surface area contributed by atoms with Crippen molar-refractivity contribution in [1.29, 1.82) is 0 Å². The van der Waals surface area contributed by atoms with Crippen LogP contribution in [0.3, 0.4) is 0 Å². The van der Waals surface area contributed by atoms with E-state index in [1.54, 1.807) is 30.3 Å². The minimum atomic E-state index is -0.522. The highest BCUT2D eigenvalue weighted by Crippen LogP contribution is 2.22. The lowest BCUT2D eigenvalue weighted by Crippen LogP contribution is -2.43. The molecule has 0 saturated heterocycles. The maximum Gasteiger partial charge on any atom is 0.273 e. The summed E-state index contributed by atoms with van der Waals surface area (Å²) >= 11 is 16.8. The van der Waals surface area contributed by atoms with E-state index in [1.807, 2.05) is 0 Å². The van der Waals surface area contributed by atoms with Crippen molar-refractivity contribution in [2.45, 2.75) is 0 Å². The van der Waals surface area contributed by atoms with Gasteiger partial charge in [0.25, 0.3) is 5.91 Å². The van der Waals surface area contributed by atoms with Gasteiger partial charge in [0.1, 0.15) is 5.75 Å². The molecule has 0 aromatic heterocycles. The highest BCUT2D eigenvalue weighted by Gasteiger charge is 2.10. The molecule has 2 rings (SSSR count). The van der Waals surface area contributed by atoms with E-state index in [2.05, 4.69) is 16.2 Å². The Bertz CT molecular complexity index is 705. The van der Waals surface area contributed by atoms with Gasteiger partial charge in [-0.15, -0.1) is 0 Å². The topological polar surface area (TPSA) is 73.4 Å². The molecule has 0 aliphatic rings. The Morgan fingerprint density at radius 3 is 2.32 bits per heavy atom.